The number of carbonyl (C=O) groups excluding carboxylic acids is 1. The Hall–Kier alpha value is -0.770. The smallest absolute Gasteiger partial charge is 0.410 e. The molecule has 0 saturated carbocycles. The van der Waals surface area contributed by atoms with Crippen LogP contribution in [0.4, 0.5) is 4.79 Å². The minimum atomic E-state index is -0.407. The van der Waals surface area contributed by atoms with Gasteiger partial charge in [0.2, 0.25) is 0 Å². The van der Waals surface area contributed by atoms with Gasteiger partial charge in [0.1, 0.15) is 5.60 Å². The minimum Gasteiger partial charge on any atom is -0.444 e. The molecule has 1 amide bonds. The Bertz CT molecular complexity index is 316. The van der Waals surface area contributed by atoms with Gasteiger partial charge in [0, 0.05) is 24.5 Å². The first-order valence-electron chi connectivity index (χ1n) is 7.04. The van der Waals surface area contributed by atoms with Gasteiger partial charge >= 0.3 is 6.09 Å². The predicted molar refractivity (Wildman–Crippen MR) is 71.6 cm³/mol. The number of ether oxygens (including phenoxy) is 1. The highest BCUT2D eigenvalue weighted by atomic mass is 16.6. The summed E-state index contributed by atoms with van der Waals surface area (Å²) < 4.78 is 5.52. The van der Waals surface area contributed by atoms with Gasteiger partial charge in [-0.2, -0.15) is 0 Å². The van der Waals surface area contributed by atoms with Crippen LogP contribution in [0.25, 0.3) is 0 Å². The molecule has 0 bridgehead atoms. The minimum absolute atomic E-state index is 0.152. The molecule has 2 aliphatic rings. The molecule has 0 aromatic carbocycles. The second-order valence-corrected chi connectivity index (χ2v) is 6.74. The molecule has 0 aromatic heterocycles. The van der Waals surface area contributed by atoms with E-state index in [0.717, 1.165) is 26.1 Å². The molecule has 1 N–H and O–H groups in total. The summed E-state index contributed by atoms with van der Waals surface area (Å²) in [6.45, 7) is 10.9. The second kappa shape index (κ2) is 4.72. The summed E-state index contributed by atoms with van der Waals surface area (Å²) in [5, 5.41) is 3.44. The SMILES string of the molecule is CC1N(C(=O)OC(C)(C)C)CCCC12CCNC2. The summed E-state index contributed by atoms with van der Waals surface area (Å²) in [4.78, 5) is 14.2. The summed E-state index contributed by atoms with van der Waals surface area (Å²) in [6, 6.07) is 0.274. The highest BCUT2D eigenvalue weighted by Gasteiger charge is 2.46. The molecule has 2 heterocycles. The van der Waals surface area contributed by atoms with Crippen molar-refractivity contribution >= 4 is 6.09 Å². The highest BCUT2D eigenvalue weighted by molar-refractivity contribution is 5.68. The number of hydrogen-bond donors (Lipinski definition) is 1. The van der Waals surface area contributed by atoms with Gasteiger partial charge in [0.25, 0.3) is 0 Å². The maximum atomic E-state index is 12.2. The molecule has 0 aliphatic carbocycles. The maximum absolute atomic E-state index is 12.2. The van der Waals surface area contributed by atoms with Gasteiger partial charge < -0.3 is 15.0 Å². The average Bonchev–Trinajstić information content (AvgIpc) is 2.69. The van der Waals surface area contributed by atoms with E-state index >= 15 is 0 Å². The summed E-state index contributed by atoms with van der Waals surface area (Å²) in [6.07, 6.45) is 3.33. The molecule has 2 unspecified atom stereocenters. The molecule has 1 spiro atoms. The van der Waals surface area contributed by atoms with Crippen LogP contribution < -0.4 is 5.32 Å². The summed E-state index contributed by atoms with van der Waals surface area (Å²) >= 11 is 0. The number of hydrogen-bond acceptors (Lipinski definition) is 3. The van der Waals surface area contributed by atoms with E-state index in [1.807, 2.05) is 25.7 Å². The number of amides is 1. The number of piperidine rings is 1. The number of nitrogens with one attached hydrogen (secondary N) is 1. The highest BCUT2D eigenvalue weighted by Crippen LogP contribution is 2.41. The van der Waals surface area contributed by atoms with Crippen molar-refractivity contribution in [1.82, 2.24) is 10.2 Å². The zero-order chi connectivity index (χ0) is 13.4. The molecular formula is C14H26N2O2. The molecular weight excluding hydrogens is 228 g/mol. The molecule has 2 fully saturated rings. The Morgan fingerprint density at radius 3 is 2.67 bits per heavy atom. The van der Waals surface area contributed by atoms with Gasteiger partial charge in [-0.3, -0.25) is 0 Å². The number of likely N-dealkylation sites (tertiary alicyclic amines) is 1. The molecule has 2 rings (SSSR count). The number of carbonyl (C=O) groups is 1. The van der Waals surface area contributed by atoms with E-state index in [0.29, 0.717) is 0 Å². The van der Waals surface area contributed by atoms with Crippen molar-refractivity contribution in [2.75, 3.05) is 19.6 Å². The van der Waals surface area contributed by atoms with E-state index in [1.54, 1.807) is 0 Å². The number of nitrogens with zero attached hydrogens (tertiary/aromatic N) is 1. The van der Waals surface area contributed by atoms with E-state index in [9.17, 15) is 4.79 Å². The van der Waals surface area contributed by atoms with Crippen molar-refractivity contribution in [3.05, 3.63) is 0 Å². The van der Waals surface area contributed by atoms with Gasteiger partial charge in [-0.25, -0.2) is 4.79 Å². The maximum Gasteiger partial charge on any atom is 0.410 e. The van der Waals surface area contributed by atoms with Gasteiger partial charge in [-0.1, -0.05) is 0 Å². The third kappa shape index (κ3) is 2.63. The quantitative estimate of drug-likeness (QED) is 0.721. The largest absolute Gasteiger partial charge is 0.444 e. The fourth-order valence-electron chi connectivity index (χ4n) is 3.24. The van der Waals surface area contributed by atoms with Crippen molar-refractivity contribution in [3.8, 4) is 0 Å². The lowest BCUT2D eigenvalue weighted by Crippen LogP contribution is -2.54. The third-order valence-corrected chi connectivity index (χ3v) is 4.33. The third-order valence-electron chi connectivity index (χ3n) is 4.33. The molecule has 4 heteroatoms. The van der Waals surface area contributed by atoms with Crippen LogP contribution in [0.2, 0.25) is 0 Å². The van der Waals surface area contributed by atoms with Gasteiger partial charge in [-0.15, -0.1) is 0 Å². The van der Waals surface area contributed by atoms with E-state index < -0.39 is 5.60 Å². The fraction of sp³-hybridized carbons (Fsp3) is 0.929. The second-order valence-electron chi connectivity index (χ2n) is 6.74. The fourth-order valence-corrected chi connectivity index (χ4v) is 3.24. The van der Waals surface area contributed by atoms with Crippen LogP contribution >= 0.6 is 0 Å². The van der Waals surface area contributed by atoms with Crippen LogP contribution in [-0.2, 0) is 4.74 Å². The molecule has 2 saturated heterocycles. The Morgan fingerprint density at radius 1 is 1.39 bits per heavy atom. The van der Waals surface area contributed by atoms with Crippen LogP contribution in [0.15, 0.2) is 0 Å². The Morgan fingerprint density at radius 2 is 2.11 bits per heavy atom. The zero-order valence-corrected chi connectivity index (χ0v) is 12.1. The normalized spacial score (nSPS) is 32.9. The van der Waals surface area contributed by atoms with E-state index in [2.05, 4.69) is 12.2 Å². The first-order chi connectivity index (χ1) is 8.34. The molecule has 2 aliphatic heterocycles. The molecule has 0 aromatic rings. The topological polar surface area (TPSA) is 41.6 Å². The monoisotopic (exact) mass is 254 g/mol. The lowest BCUT2D eigenvalue weighted by molar-refractivity contribution is -0.0147. The molecule has 4 nitrogen and oxygen atoms in total. The summed E-state index contributed by atoms with van der Waals surface area (Å²) in [5.41, 5.74) is -0.134. The first-order valence-corrected chi connectivity index (χ1v) is 7.04. The zero-order valence-electron chi connectivity index (χ0n) is 12.1. The Balaban J connectivity index is 2.06. The first kappa shape index (κ1) is 13.7. The number of rotatable bonds is 0. The van der Waals surface area contributed by atoms with E-state index in [1.165, 1.54) is 12.8 Å². The van der Waals surface area contributed by atoms with E-state index in [4.69, 9.17) is 4.74 Å². The molecule has 18 heavy (non-hydrogen) atoms. The van der Waals surface area contributed by atoms with Crippen molar-refractivity contribution < 1.29 is 9.53 Å². The summed E-state index contributed by atoms with van der Waals surface area (Å²) in [7, 11) is 0. The van der Waals surface area contributed by atoms with Crippen molar-refractivity contribution in [3.63, 3.8) is 0 Å². The van der Waals surface area contributed by atoms with Crippen LogP contribution in [0.5, 0.6) is 0 Å². The lowest BCUT2D eigenvalue weighted by atomic mass is 9.73. The molecule has 2 atom stereocenters. The average molecular weight is 254 g/mol. The van der Waals surface area contributed by atoms with E-state index in [-0.39, 0.29) is 17.6 Å². The molecule has 0 radical (unpaired) electrons. The Kier molecular flexibility index (Phi) is 3.58. The summed E-state index contributed by atoms with van der Waals surface area (Å²) in [5.74, 6) is 0. The van der Waals surface area contributed by atoms with Gasteiger partial charge in [0.05, 0.1) is 0 Å². The van der Waals surface area contributed by atoms with Crippen LogP contribution in [0.1, 0.15) is 47.0 Å². The van der Waals surface area contributed by atoms with Gasteiger partial charge in [-0.05, 0) is 53.5 Å². The van der Waals surface area contributed by atoms with Crippen LogP contribution in [0, 0.1) is 5.41 Å². The van der Waals surface area contributed by atoms with Crippen LogP contribution in [0.3, 0.4) is 0 Å². The van der Waals surface area contributed by atoms with Crippen molar-refractivity contribution in [1.29, 1.82) is 0 Å². The Labute approximate surface area is 110 Å². The van der Waals surface area contributed by atoms with Crippen molar-refractivity contribution in [2.45, 2.75) is 58.6 Å². The van der Waals surface area contributed by atoms with Crippen molar-refractivity contribution in [2.24, 2.45) is 5.41 Å². The predicted octanol–water partition coefficient (Wildman–Crippen LogP) is 2.39. The van der Waals surface area contributed by atoms with Crippen LogP contribution in [-0.4, -0.2) is 42.3 Å². The van der Waals surface area contributed by atoms with Gasteiger partial charge in [0.15, 0.2) is 0 Å². The standard InChI is InChI=1S/C14H26N2O2/c1-11-14(7-8-15-10-14)6-5-9-16(11)12(17)18-13(2,3)4/h11,15H,5-10H2,1-4H3. The lowest BCUT2D eigenvalue weighted by Gasteiger charge is -2.46. The molecule has 104 valence electrons.